The van der Waals surface area contributed by atoms with Crippen LogP contribution < -0.4 is 15.6 Å². The summed E-state index contributed by atoms with van der Waals surface area (Å²) in [7, 11) is 1.50. The Morgan fingerprint density at radius 3 is 2.82 bits per heavy atom. The lowest BCUT2D eigenvalue weighted by atomic mass is 10.2. The maximum absolute atomic E-state index is 12.1. The van der Waals surface area contributed by atoms with E-state index in [0.29, 0.717) is 11.6 Å². The first kappa shape index (κ1) is 13.7. The number of hydrogen-bond donors (Lipinski definition) is 2. The molecule has 0 fully saturated rings. The van der Waals surface area contributed by atoms with Gasteiger partial charge in [-0.15, -0.1) is 0 Å². The lowest BCUT2D eigenvalue weighted by Gasteiger charge is -2.07. The van der Waals surface area contributed by atoms with Crippen molar-refractivity contribution in [3.63, 3.8) is 0 Å². The molecule has 0 bridgehead atoms. The van der Waals surface area contributed by atoms with Gasteiger partial charge in [0, 0.05) is 17.6 Å². The van der Waals surface area contributed by atoms with E-state index in [-0.39, 0.29) is 11.9 Å². The summed E-state index contributed by atoms with van der Waals surface area (Å²) in [6.07, 6.45) is 1.52. The van der Waals surface area contributed by atoms with Crippen LogP contribution in [0.3, 0.4) is 0 Å². The Labute approximate surface area is 126 Å². The van der Waals surface area contributed by atoms with E-state index in [1.807, 2.05) is 30.3 Å². The molecule has 7 nitrogen and oxygen atoms in total. The molecule has 0 spiro atoms. The smallest absolute Gasteiger partial charge is 0.288 e. The summed E-state index contributed by atoms with van der Waals surface area (Å²) in [6.45, 7) is 0. The molecule has 22 heavy (non-hydrogen) atoms. The third-order valence-corrected chi connectivity index (χ3v) is 2.96. The zero-order valence-electron chi connectivity index (χ0n) is 11.8. The second-order valence-corrected chi connectivity index (χ2v) is 4.39. The molecule has 0 aliphatic rings. The van der Waals surface area contributed by atoms with Crippen LogP contribution >= 0.6 is 0 Å². The van der Waals surface area contributed by atoms with Gasteiger partial charge in [-0.1, -0.05) is 24.3 Å². The van der Waals surface area contributed by atoms with E-state index < -0.39 is 0 Å². The molecule has 0 aliphatic heterocycles. The van der Waals surface area contributed by atoms with Crippen molar-refractivity contribution in [1.29, 1.82) is 0 Å². The number of carbonyl (C=O) groups excluding carboxylic acids is 1. The predicted molar refractivity (Wildman–Crippen MR) is 81.4 cm³/mol. The molecule has 0 saturated heterocycles. The summed E-state index contributed by atoms with van der Waals surface area (Å²) in [6, 6.07) is 12.7. The lowest BCUT2D eigenvalue weighted by Crippen LogP contribution is -2.31. The number of fused-ring (bicyclic) bond motifs is 1. The minimum atomic E-state index is -0.378. The summed E-state index contributed by atoms with van der Waals surface area (Å²) < 4.78 is 4.98. The number of ether oxygens (including phenoxy) is 1. The van der Waals surface area contributed by atoms with E-state index in [4.69, 9.17) is 4.74 Å². The number of nitrogens with one attached hydrogen (secondary N) is 2. The van der Waals surface area contributed by atoms with Crippen molar-refractivity contribution in [1.82, 2.24) is 20.4 Å². The molecule has 3 aromatic rings. The van der Waals surface area contributed by atoms with Crippen LogP contribution in [-0.2, 0) is 0 Å². The number of para-hydroxylation sites is 1. The first-order valence-electron chi connectivity index (χ1n) is 6.55. The van der Waals surface area contributed by atoms with E-state index in [1.165, 1.54) is 13.3 Å². The molecular weight excluding hydrogens is 282 g/mol. The predicted octanol–water partition coefficient (Wildman–Crippen LogP) is 1.79. The van der Waals surface area contributed by atoms with Crippen LogP contribution in [0.5, 0.6) is 5.88 Å². The molecule has 2 aromatic heterocycles. The Kier molecular flexibility index (Phi) is 3.78. The summed E-state index contributed by atoms with van der Waals surface area (Å²) in [5.41, 5.74) is 6.18. The second-order valence-electron chi connectivity index (χ2n) is 4.39. The van der Waals surface area contributed by atoms with Crippen LogP contribution in [0.1, 0.15) is 10.5 Å². The SMILES string of the molecule is COc1ccnc(NNC(=O)c2ccc3ccccc3n2)n1. The molecule has 2 N–H and O–H groups in total. The van der Waals surface area contributed by atoms with Crippen LogP contribution in [-0.4, -0.2) is 28.0 Å². The molecule has 7 heteroatoms. The Balaban J connectivity index is 1.72. The highest BCUT2D eigenvalue weighted by Gasteiger charge is 2.08. The van der Waals surface area contributed by atoms with Gasteiger partial charge in [0.05, 0.1) is 12.6 Å². The molecular formula is C15H13N5O2. The number of anilines is 1. The number of carbonyl (C=O) groups is 1. The van der Waals surface area contributed by atoms with Crippen LogP contribution in [0.25, 0.3) is 10.9 Å². The first-order chi connectivity index (χ1) is 10.8. The number of hydrazine groups is 1. The zero-order valence-corrected chi connectivity index (χ0v) is 11.8. The van der Waals surface area contributed by atoms with Gasteiger partial charge in [0.2, 0.25) is 11.8 Å². The van der Waals surface area contributed by atoms with E-state index in [0.717, 1.165) is 10.9 Å². The van der Waals surface area contributed by atoms with Crippen LogP contribution in [0.15, 0.2) is 48.7 Å². The Bertz CT molecular complexity index is 822. The van der Waals surface area contributed by atoms with E-state index >= 15 is 0 Å². The maximum Gasteiger partial charge on any atom is 0.288 e. The third-order valence-electron chi connectivity index (χ3n) is 2.96. The highest BCUT2D eigenvalue weighted by molar-refractivity contribution is 5.95. The number of methoxy groups -OCH3 is 1. The number of rotatable bonds is 4. The molecule has 1 aromatic carbocycles. The first-order valence-corrected chi connectivity index (χ1v) is 6.55. The summed E-state index contributed by atoms with van der Waals surface area (Å²) in [5, 5.41) is 0.975. The minimum Gasteiger partial charge on any atom is -0.481 e. The van der Waals surface area contributed by atoms with Gasteiger partial charge in [-0.2, -0.15) is 4.98 Å². The van der Waals surface area contributed by atoms with Crippen LogP contribution in [0.4, 0.5) is 5.95 Å². The van der Waals surface area contributed by atoms with E-state index in [9.17, 15) is 4.79 Å². The fourth-order valence-corrected chi connectivity index (χ4v) is 1.89. The minimum absolute atomic E-state index is 0.230. The highest BCUT2D eigenvalue weighted by Crippen LogP contribution is 2.12. The third kappa shape index (κ3) is 2.93. The number of benzene rings is 1. The Hall–Kier alpha value is -3.22. The number of aromatic nitrogens is 3. The number of hydrogen-bond acceptors (Lipinski definition) is 6. The van der Waals surface area contributed by atoms with Crippen molar-refractivity contribution < 1.29 is 9.53 Å². The maximum atomic E-state index is 12.1. The zero-order chi connectivity index (χ0) is 15.4. The van der Waals surface area contributed by atoms with Crippen molar-refractivity contribution in [2.45, 2.75) is 0 Å². The normalized spacial score (nSPS) is 10.2. The molecule has 0 radical (unpaired) electrons. The van der Waals surface area contributed by atoms with Gasteiger partial charge in [-0.25, -0.2) is 9.97 Å². The van der Waals surface area contributed by atoms with Gasteiger partial charge in [-0.05, 0) is 12.1 Å². The number of nitrogens with zero attached hydrogens (tertiary/aromatic N) is 3. The summed E-state index contributed by atoms with van der Waals surface area (Å²) in [5.74, 6) is 0.251. The molecule has 2 heterocycles. The van der Waals surface area contributed by atoms with Crippen molar-refractivity contribution in [3.8, 4) is 5.88 Å². The average molecular weight is 295 g/mol. The van der Waals surface area contributed by atoms with Gasteiger partial charge >= 0.3 is 0 Å². The van der Waals surface area contributed by atoms with Crippen LogP contribution in [0, 0.1) is 0 Å². The molecule has 0 unspecified atom stereocenters. The van der Waals surface area contributed by atoms with Gasteiger partial charge < -0.3 is 4.74 Å². The van der Waals surface area contributed by atoms with E-state index in [1.54, 1.807) is 12.1 Å². The fourth-order valence-electron chi connectivity index (χ4n) is 1.89. The van der Waals surface area contributed by atoms with Crippen molar-refractivity contribution in [2.24, 2.45) is 0 Å². The number of amides is 1. The fraction of sp³-hybridized carbons (Fsp3) is 0.0667. The van der Waals surface area contributed by atoms with Crippen molar-refractivity contribution >= 4 is 22.8 Å². The molecule has 3 rings (SSSR count). The van der Waals surface area contributed by atoms with Gasteiger partial charge in [0.25, 0.3) is 5.91 Å². The van der Waals surface area contributed by atoms with Crippen LogP contribution in [0.2, 0.25) is 0 Å². The Morgan fingerprint density at radius 2 is 1.95 bits per heavy atom. The number of pyridine rings is 1. The van der Waals surface area contributed by atoms with Crippen molar-refractivity contribution in [3.05, 3.63) is 54.4 Å². The molecule has 0 atom stereocenters. The van der Waals surface area contributed by atoms with Crippen molar-refractivity contribution in [2.75, 3.05) is 12.5 Å². The highest BCUT2D eigenvalue weighted by atomic mass is 16.5. The van der Waals surface area contributed by atoms with Gasteiger partial charge in [0.15, 0.2) is 0 Å². The second kappa shape index (κ2) is 6.04. The summed E-state index contributed by atoms with van der Waals surface area (Å²) >= 11 is 0. The van der Waals surface area contributed by atoms with Gasteiger partial charge in [-0.3, -0.25) is 15.6 Å². The monoisotopic (exact) mass is 295 g/mol. The quantitative estimate of drug-likeness (QED) is 0.713. The van der Waals surface area contributed by atoms with E-state index in [2.05, 4.69) is 25.8 Å². The molecule has 110 valence electrons. The Morgan fingerprint density at radius 1 is 1.09 bits per heavy atom. The topological polar surface area (TPSA) is 89.0 Å². The standard InChI is InChI=1S/C15H13N5O2/c1-22-13-8-9-16-15(18-13)20-19-14(21)12-7-6-10-4-2-3-5-11(10)17-12/h2-9H,1H3,(H,19,21)(H,16,18,20). The molecule has 0 aliphatic carbocycles. The lowest BCUT2D eigenvalue weighted by molar-refractivity contribution is 0.0957. The summed E-state index contributed by atoms with van der Waals surface area (Å²) in [4.78, 5) is 24.4. The molecule has 1 amide bonds. The largest absolute Gasteiger partial charge is 0.481 e. The molecule has 0 saturated carbocycles. The average Bonchev–Trinajstić information content (AvgIpc) is 2.59. The van der Waals surface area contributed by atoms with Gasteiger partial charge in [0.1, 0.15) is 5.69 Å².